The number of likely N-dealkylation sites (tertiary alicyclic amines) is 1. The summed E-state index contributed by atoms with van der Waals surface area (Å²) in [4.78, 5) is 2.62. The Balaban J connectivity index is 1.91. The lowest BCUT2D eigenvalue weighted by Crippen LogP contribution is -2.48. The number of rotatable bonds is 5. The molecule has 1 aliphatic heterocycles. The molecule has 0 aromatic carbocycles. The first kappa shape index (κ1) is 15.3. The molecule has 112 valence electrons. The summed E-state index contributed by atoms with van der Waals surface area (Å²) < 4.78 is 5.49. The van der Waals surface area contributed by atoms with E-state index in [4.69, 9.17) is 4.74 Å². The van der Waals surface area contributed by atoms with Crippen LogP contribution in [0.2, 0.25) is 0 Å². The van der Waals surface area contributed by atoms with Crippen molar-refractivity contribution < 1.29 is 4.74 Å². The zero-order valence-electron chi connectivity index (χ0n) is 13.2. The van der Waals surface area contributed by atoms with Crippen molar-refractivity contribution in [2.75, 3.05) is 33.3 Å². The summed E-state index contributed by atoms with van der Waals surface area (Å²) >= 11 is 0. The van der Waals surface area contributed by atoms with Crippen molar-refractivity contribution in [3.8, 4) is 0 Å². The molecule has 1 aliphatic carbocycles. The van der Waals surface area contributed by atoms with Crippen LogP contribution in [0.25, 0.3) is 0 Å². The fourth-order valence-corrected chi connectivity index (χ4v) is 4.17. The largest absolute Gasteiger partial charge is 0.380 e. The quantitative estimate of drug-likeness (QED) is 0.828. The molecular formula is C16H32N2O. The monoisotopic (exact) mass is 268 g/mol. The van der Waals surface area contributed by atoms with E-state index in [-0.39, 0.29) is 0 Å². The molecule has 19 heavy (non-hydrogen) atoms. The molecule has 0 aromatic heterocycles. The fourth-order valence-electron chi connectivity index (χ4n) is 4.17. The van der Waals surface area contributed by atoms with Crippen molar-refractivity contribution in [2.24, 2.45) is 17.8 Å². The molecule has 0 aromatic rings. The van der Waals surface area contributed by atoms with Crippen LogP contribution >= 0.6 is 0 Å². The van der Waals surface area contributed by atoms with Crippen LogP contribution in [0.5, 0.6) is 0 Å². The molecule has 2 aliphatic rings. The third-order valence-electron chi connectivity index (χ3n) is 5.18. The highest BCUT2D eigenvalue weighted by molar-refractivity contribution is 4.90. The zero-order chi connectivity index (χ0) is 13.8. The van der Waals surface area contributed by atoms with Crippen LogP contribution < -0.4 is 5.32 Å². The minimum Gasteiger partial charge on any atom is -0.380 e. The first-order valence-electron chi connectivity index (χ1n) is 8.12. The molecule has 2 fully saturated rings. The lowest BCUT2D eigenvalue weighted by atomic mass is 9.72. The van der Waals surface area contributed by atoms with E-state index in [0.29, 0.717) is 12.1 Å². The Labute approximate surface area is 119 Å². The third-order valence-corrected chi connectivity index (χ3v) is 5.18. The predicted molar refractivity (Wildman–Crippen MR) is 80.4 cm³/mol. The average Bonchev–Trinajstić information content (AvgIpc) is 2.81. The van der Waals surface area contributed by atoms with Gasteiger partial charge in [-0.1, -0.05) is 20.8 Å². The van der Waals surface area contributed by atoms with E-state index in [1.54, 1.807) is 0 Å². The Morgan fingerprint density at radius 1 is 1.26 bits per heavy atom. The number of ether oxygens (including phenoxy) is 1. The van der Waals surface area contributed by atoms with Gasteiger partial charge in [0.25, 0.3) is 0 Å². The Kier molecular flexibility index (Phi) is 5.67. The topological polar surface area (TPSA) is 24.5 Å². The Morgan fingerprint density at radius 2 is 2.05 bits per heavy atom. The first-order valence-corrected chi connectivity index (χ1v) is 8.12. The second kappa shape index (κ2) is 7.05. The third kappa shape index (κ3) is 3.93. The second-order valence-corrected chi connectivity index (χ2v) is 6.79. The maximum atomic E-state index is 5.49. The molecule has 0 amide bonds. The van der Waals surface area contributed by atoms with Gasteiger partial charge in [0, 0.05) is 32.8 Å². The Hall–Kier alpha value is -0.120. The molecule has 1 N–H and O–H groups in total. The summed E-state index contributed by atoms with van der Waals surface area (Å²) in [7, 11) is 1.85. The summed E-state index contributed by atoms with van der Waals surface area (Å²) in [5.74, 6) is 2.53. The molecule has 0 bridgehead atoms. The molecule has 0 spiro atoms. The van der Waals surface area contributed by atoms with Gasteiger partial charge in [0.15, 0.2) is 0 Å². The smallest absolute Gasteiger partial charge is 0.0710 e. The number of hydrogen-bond donors (Lipinski definition) is 1. The van der Waals surface area contributed by atoms with Crippen molar-refractivity contribution in [1.82, 2.24) is 10.2 Å². The predicted octanol–water partition coefficient (Wildman–Crippen LogP) is 2.37. The van der Waals surface area contributed by atoms with Gasteiger partial charge in [-0.15, -0.1) is 0 Å². The van der Waals surface area contributed by atoms with Crippen molar-refractivity contribution >= 4 is 0 Å². The number of nitrogens with zero attached hydrogens (tertiary/aromatic N) is 1. The van der Waals surface area contributed by atoms with Crippen LogP contribution in [0.1, 0.15) is 40.0 Å². The van der Waals surface area contributed by atoms with Gasteiger partial charge in [-0.05, 0) is 43.6 Å². The van der Waals surface area contributed by atoms with Gasteiger partial charge >= 0.3 is 0 Å². The van der Waals surface area contributed by atoms with Crippen LogP contribution in [-0.4, -0.2) is 50.3 Å². The minimum atomic E-state index is 0.468. The van der Waals surface area contributed by atoms with Gasteiger partial charge in [0.05, 0.1) is 6.10 Å². The molecule has 5 unspecified atom stereocenters. The zero-order valence-corrected chi connectivity index (χ0v) is 13.2. The van der Waals surface area contributed by atoms with Gasteiger partial charge in [-0.25, -0.2) is 0 Å². The highest BCUT2D eigenvalue weighted by atomic mass is 16.5. The second-order valence-electron chi connectivity index (χ2n) is 6.79. The van der Waals surface area contributed by atoms with Gasteiger partial charge in [0.1, 0.15) is 0 Å². The lowest BCUT2D eigenvalue weighted by molar-refractivity contribution is 0.0858. The maximum Gasteiger partial charge on any atom is 0.0710 e. The molecular weight excluding hydrogens is 236 g/mol. The van der Waals surface area contributed by atoms with Crippen LogP contribution in [-0.2, 0) is 4.74 Å². The van der Waals surface area contributed by atoms with E-state index in [2.05, 4.69) is 31.0 Å². The molecule has 5 atom stereocenters. The number of hydrogen-bond acceptors (Lipinski definition) is 3. The Bertz CT molecular complexity index is 271. The molecule has 3 heteroatoms. The first-order chi connectivity index (χ1) is 9.13. The van der Waals surface area contributed by atoms with Crippen LogP contribution in [0, 0.1) is 17.8 Å². The van der Waals surface area contributed by atoms with E-state index in [1.165, 1.54) is 32.4 Å². The Morgan fingerprint density at radius 3 is 2.68 bits per heavy atom. The van der Waals surface area contributed by atoms with Crippen molar-refractivity contribution in [3.05, 3.63) is 0 Å². The summed E-state index contributed by atoms with van der Waals surface area (Å²) in [5, 5.41) is 3.74. The molecule has 1 saturated heterocycles. The fraction of sp³-hybridized carbons (Fsp3) is 1.00. The summed E-state index contributed by atoms with van der Waals surface area (Å²) in [6.07, 6.45) is 4.42. The summed E-state index contributed by atoms with van der Waals surface area (Å²) in [5.41, 5.74) is 0. The van der Waals surface area contributed by atoms with Gasteiger partial charge in [-0.2, -0.15) is 0 Å². The van der Waals surface area contributed by atoms with Gasteiger partial charge in [0.2, 0.25) is 0 Å². The van der Waals surface area contributed by atoms with Gasteiger partial charge in [-0.3, -0.25) is 0 Å². The molecule has 1 heterocycles. The number of nitrogens with one attached hydrogen (secondary N) is 1. The standard InChI is InChI=1S/C16H32N2O/c1-5-17-16-9-12(2)8-13(3)15(16)11-18-7-6-14(10-18)19-4/h12-17H,5-11H2,1-4H3. The van der Waals surface area contributed by atoms with E-state index >= 15 is 0 Å². The number of methoxy groups -OCH3 is 1. The molecule has 0 radical (unpaired) electrons. The summed E-state index contributed by atoms with van der Waals surface area (Å²) in [6.45, 7) is 11.8. The molecule has 2 rings (SSSR count). The maximum absolute atomic E-state index is 5.49. The average molecular weight is 268 g/mol. The van der Waals surface area contributed by atoms with E-state index in [1.807, 2.05) is 7.11 Å². The van der Waals surface area contributed by atoms with E-state index in [0.717, 1.165) is 30.8 Å². The van der Waals surface area contributed by atoms with E-state index < -0.39 is 0 Å². The van der Waals surface area contributed by atoms with Crippen LogP contribution in [0.4, 0.5) is 0 Å². The van der Waals surface area contributed by atoms with E-state index in [9.17, 15) is 0 Å². The highest BCUT2D eigenvalue weighted by Crippen LogP contribution is 2.34. The van der Waals surface area contributed by atoms with Crippen molar-refractivity contribution in [1.29, 1.82) is 0 Å². The minimum absolute atomic E-state index is 0.468. The van der Waals surface area contributed by atoms with Crippen molar-refractivity contribution in [2.45, 2.75) is 52.2 Å². The SMILES string of the molecule is CCNC1CC(C)CC(C)C1CN1CCC(OC)C1. The normalized spacial score (nSPS) is 40.7. The van der Waals surface area contributed by atoms with Crippen LogP contribution in [0.3, 0.4) is 0 Å². The molecule has 3 nitrogen and oxygen atoms in total. The lowest BCUT2D eigenvalue weighted by Gasteiger charge is -2.42. The summed E-state index contributed by atoms with van der Waals surface area (Å²) in [6, 6.07) is 0.713. The van der Waals surface area contributed by atoms with Crippen molar-refractivity contribution in [3.63, 3.8) is 0 Å². The highest BCUT2D eigenvalue weighted by Gasteiger charge is 2.35. The van der Waals surface area contributed by atoms with Crippen LogP contribution in [0.15, 0.2) is 0 Å². The van der Waals surface area contributed by atoms with Gasteiger partial charge < -0.3 is 15.0 Å². The molecule has 1 saturated carbocycles.